The van der Waals surface area contributed by atoms with Crippen LogP contribution in [0.15, 0.2) is 36.5 Å². The first-order valence-electron chi connectivity index (χ1n) is 6.06. The Labute approximate surface area is 121 Å². The molecule has 0 spiro atoms. The molecule has 0 aliphatic carbocycles. The SMILES string of the molecule is COc1cc(/C(N)=C(\C#N)c2ccccn2)cc(N)c1O. The van der Waals surface area contributed by atoms with Crippen molar-refractivity contribution in [3.8, 4) is 17.6 Å². The number of methoxy groups -OCH3 is 1. The molecule has 2 aromatic rings. The molecule has 1 aromatic heterocycles. The first kappa shape index (κ1) is 14.2. The Morgan fingerprint density at radius 3 is 2.71 bits per heavy atom. The molecule has 0 aliphatic heterocycles. The normalized spacial score (nSPS) is 11.4. The van der Waals surface area contributed by atoms with Gasteiger partial charge in [0.05, 0.1) is 24.2 Å². The minimum atomic E-state index is -0.162. The Kier molecular flexibility index (Phi) is 3.95. The third-order valence-electron chi connectivity index (χ3n) is 2.94. The minimum Gasteiger partial charge on any atom is -0.503 e. The van der Waals surface area contributed by atoms with Crippen molar-refractivity contribution in [2.45, 2.75) is 0 Å². The van der Waals surface area contributed by atoms with Gasteiger partial charge >= 0.3 is 0 Å². The van der Waals surface area contributed by atoms with E-state index in [1.807, 2.05) is 6.07 Å². The van der Waals surface area contributed by atoms with E-state index in [1.54, 1.807) is 24.4 Å². The highest BCUT2D eigenvalue weighted by Crippen LogP contribution is 2.35. The van der Waals surface area contributed by atoms with Gasteiger partial charge in [-0.05, 0) is 24.3 Å². The van der Waals surface area contributed by atoms with Crippen LogP contribution in [0.2, 0.25) is 0 Å². The Balaban J connectivity index is 2.62. The number of nitrogens with zero attached hydrogens (tertiary/aromatic N) is 2. The number of aromatic hydroxyl groups is 1. The Morgan fingerprint density at radius 2 is 2.14 bits per heavy atom. The third-order valence-corrected chi connectivity index (χ3v) is 2.94. The van der Waals surface area contributed by atoms with Gasteiger partial charge in [-0.2, -0.15) is 5.26 Å². The summed E-state index contributed by atoms with van der Waals surface area (Å²) < 4.78 is 5.03. The molecule has 0 radical (unpaired) electrons. The number of benzene rings is 1. The van der Waals surface area contributed by atoms with E-state index >= 15 is 0 Å². The molecule has 1 aromatic carbocycles. The highest BCUT2D eigenvalue weighted by molar-refractivity contribution is 5.95. The number of phenolic OH excluding ortho intramolecular Hbond substituents is 1. The lowest BCUT2D eigenvalue weighted by Gasteiger charge is -2.11. The van der Waals surface area contributed by atoms with Crippen molar-refractivity contribution in [3.05, 3.63) is 47.8 Å². The number of pyridine rings is 1. The van der Waals surface area contributed by atoms with Crippen LogP contribution in [-0.4, -0.2) is 17.2 Å². The van der Waals surface area contributed by atoms with Crippen molar-refractivity contribution in [2.24, 2.45) is 5.73 Å². The zero-order valence-electron chi connectivity index (χ0n) is 11.4. The predicted octanol–water partition coefficient (Wildman–Crippen LogP) is 1.73. The van der Waals surface area contributed by atoms with Gasteiger partial charge in [0.25, 0.3) is 0 Å². The molecule has 106 valence electrons. The lowest BCUT2D eigenvalue weighted by Crippen LogP contribution is -2.03. The summed E-state index contributed by atoms with van der Waals surface area (Å²) in [5.74, 6) is 0.0247. The predicted molar refractivity (Wildman–Crippen MR) is 79.9 cm³/mol. The van der Waals surface area contributed by atoms with Gasteiger partial charge < -0.3 is 21.3 Å². The van der Waals surface area contributed by atoms with Gasteiger partial charge in [-0.25, -0.2) is 0 Å². The fourth-order valence-corrected chi connectivity index (χ4v) is 1.85. The van der Waals surface area contributed by atoms with Crippen LogP contribution >= 0.6 is 0 Å². The van der Waals surface area contributed by atoms with Crippen molar-refractivity contribution in [1.82, 2.24) is 4.98 Å². The number of nitriles is 1. The summed E-state index contributed by atoms with van der Waals surface area (Å²) in [7, 11) is 1.40. The monoisotopic (exact) mass is 282 g/mol. The maximum Gasteiger partial charge on any atom is 0.181 e. The smallest absolute Gasteiger partial charge is 0.181 e. The van der Waals surface area contributed by atoms with Gasteiger partial charge in [-0.1, -0.05) is 6.07 Å². The molecule has 0 fully saturated rings. The number of hydrogen-bond acceptors (Lipinski definition) is 6. The summed E-state index contributed by atoms with van der Waals surface area (Å²) in [6, 6.07) is 10.2. The third kappa shape index (κ3) is 2.72. The molecule has 0 aliphatic rings. The quantitative estimate of drug-likeness (QED) is 0.448. The first-order valence-corrected chi connectivity index (χ1v) is 6.06. The van der Waals surface area contributed by atoms with Gasteiger partial charge in [0.1, 0.15) is 11.6 Å². The Morgan fingerprint density at radius 1 is 1.38 bits per heavy atom. The van der Waals surface area contributed by atoms with E-state index in [1.165, 1.54) is 19.2 Å². The molecule has 5 N–H and O–H groups in total. The summed E-state index contributed by atoms with van der Waals surface area (Å²) >= 11 is 0. The highest BCUT2D eigenvalue weighted by Gasteiger charge is 2.14. The number of allylic oxidation sites excluding steroid dienone is 1. The van der Waals surface area contributed by atoms with E-state index in [0.717, 1.165) is 0 Å². The van der Waals surface area contributed by atoms with Crippen molar-refractivity contribution in [2.75, 3.05) is 12.8 Å². The van der Waals surface area contributed by atoms with E-state index < -0.39 is 0 Å². The molecule has 0 unspecified atom stereocenters. The highest BCUT2D eigenvalue weighted by atomic mass is 16.5. The lowest BCUT2D eigenvalue weighted by molar-refractivity contribution is 0.374. The molecular weight excluding hydrogens is 268 g/mol. The molecular formula is C15H14N4O2. The first-order chi connectivity index (χ1) is 10.1. The summed E-state index contributed by atoms with van der Waals surface area (Å²) in [5.41, 5.74) is 13.2. The van der Waals surface area contributed by atoms with Crippen molar-refractivity contribution in [3.63, 3.8) is 0 Å². The summed E-state index contributed by atoms with van der Waals surface area (Å²) in [4.78, 5) is 4.11. The average Bonchev–Trinajstić information content (AvgIpc) is 2.51. The van der Waals surface area contributed by atoms with Gasteiger partial charge in [-0.3, -0.25) is 4.98 Å². The Hall–Kier alpha value is -3.20. The van der Waals surface area contributed by atoms with Crippen LogP contribution in [0.3, 0.4) is 0 Å². The fourth-order valence-electron chi connectivity index (χ4n) is 1.85. The van der Waals surface area contributed by atoms with Crippen molar-refractivity contribution < 1.29 is 9.84 Å². The minimum absolute atomic E-state index is 0.116. The van der Waals surface area contributed by atoms with Crippen LogP contribution < -0.4 is 16.2 Å². The fraction of sp³-hybridized carbons (Fsp3) is 0.0667. The number of nitrogens with two attached hydrogens (primary N) is 2. The van der Waals surface area contributed by atoms with E-state index in [9.17, 15) is 10.4 Å². The number of phenols is 1. The number of aromatic nitrogens is 1. The largest absolute Gasteiger partial charge is 0.503 e. The van der Waals surface area contributed by atoms with Gasteiger partial charge in [-0.15, -0.1) is 0 Å². The molecule has 6 heteroatoms. The lowest BCUT2D eigenvalue weighted by atomic mass is 10.0. The van der Waals surface area contributed by atoms with Crippen LogP contribution in [0.25, 0.3) is 11.3 Å². The topological polar surface area (TPSA) is 118 Å². The maximum absolute atomic E-state index is 9.73. The van der Waals surface area contributed by atoms with Gasteiger partial charge in [0, 0.05) is 11.8 Å². The molecule has 0 bridgehead atoms. The standard InChI is InChI=1S/C15H14N4O2/c1-21-13-7-9(6-11(17)15(13)20)14(18)10(8-16)12-4-2-3-5-19-12/h2-7,20H,17-18H2,1H3/b14-10-. The molecule has 0 amide bonds. The van der Waals surface area contributed by atoms with Gasteiger partial charge in [0.2, 0.25) is 0 Å². The number of nitrogen functional groups attached to an aromatic ring is 1. The maximum atomic E-state index is 9.73. The Bertz CT molecular complexity index is 733. The van der Waals surface area contributed by atoms with Crippen LogP contribution in [0.5, 0.6) is 11.5 Å². The second-order valence-corrected chi connectivity index (χ2v) is 4.23. The molecule has 0 saturated heterocycles. The average molecular weight is 282 g/mol. The van der Waals surface area contributed by atoms with Crippen molar-refractivity contribution >= 4 is 17.0 Å². The van der Waals surface area contributed by atoms with Crippen molar-refractivity contribution in [1.29, 1.82) is 5.26 Å². The second-order valence-electron chi connectivity index (χ2n) is 4.23. The number of rotatable bonds is 3. The van der Waals surface area contributed by atoms with E-state index in [4.69, 9.17) is 16.2 Å². The molecule has 6 nitrogen and oxygen atoms in total. The van der Waals surface area contributed by atoms with E-state index in [2.05, 4.69) is 4.98 Å². The summed E-state index contributed by atoms with van der Waals surface area (Å²) in [6.45, 7) is 0. The molecule has 2 rings (SSSR count). The number of hydrogen-bond donors (Lipinski definition) is 3. The number of ether oxygens (including phenoxy) is 1. The van der Waals surface area contributed by atoms with Crippen LogP contribution in [0.4, 0.5) is 5.69 Å². The van der Waals surface area contributed by atoms with Gasteiger partial charge in [0.15, 0.2) is 11.5 Å². The number of anilines is 1. The van der Waals surface area contributed by atoms with Crippen LogP contribution in [-0.2, 0) is 0 Å². The zero-order chi connectivity index (χ0) is 15.4. The molecule has 21 heavy (non-hydrogen) atoms. The van der Waals surface area contributed by atoms with E-state index in [-0.39, 0.29) is 28.5 Å². The van der Waals surface area contributed by atoms with Crippen LogP contribution in [0.1, 0.15) is 11.3 Å². The zero-order valence-corrected chi connectivity index (χ0v) is 11.4. The molecule has 1 heterocycles. The summed E-state index contributed by atoms with van der Waals surface area (Å²) in [5, 5.41) is 19.1. The van der Waals surface area contributed by atoms with Crippen LogP contribution in [0, 0.1) is 11.3 Å². The summed E-state index contributed by atoms with van der Waals surface area (Å²) in [6.07, 6.45) is 1.58. The second kappa shape index (κ2) is 5.84. The molecule has 0 saturated carbocycles. The molecule has 0 atom stereocenters. The van der Waals surface area contributed by atoms with E-state index in [0.29, 0.717) is 11.3 Å².